The molecule has 1 unspecified atom stereocenters. The molecule has 2 aliphatic rings. The van der Waals surface area contributed by atoms with Gasteiger partial charge in [0.15, 0.2) is 0 Å². The lowest BCUT2D eigenvalue weighted by molar-refractivity contribution is -0.118. The van der Waals surface area contributed by atoms with Gasteiger partial charge in [-0.25, -0.2) is 0 Å². The third-order valence-electron chi connectivity index (χ3n) is 5.74. The molecule has 144 valence electrons. The van der Waals surface area contributed by atoms with Gasteiger partial charge in [-0.15, -0.1) is 0 Å². The molecule has 3 rings (SSSR count). The summed E-state index contributed by atoms with van der Waals surface area (Å²) in [5.74, 6) is 0.752. The summed E-state index contributed by atoms with van der Waals surface area (Å²) >= 11 is 0. The van der Waals surface area contributed by atoms with Crippen molar-refractivity contribution < 1.29 is 14.3 Å². The molecule has 1 heterocycles. The fraction of sp³-hybridized carbons (Fsp3) is 0.667. The second-order valence-corrected chi connectivity index (χ2v) is 7.94. The average molecular weight is 360 g/mol. The number of anilines is 1. The average Bonchev–Trinajstić information content (AvgIpc) is 3.16. The largest absolute Gasteiger partial charge is 0.489 e. The molecule has 0 spiro atoms. The van der Waals surface area contributed by atoms with E-state index in [1.54, 1.807) is 0 Å². The van der Waals surface area contributed by atoms with Crippen LogP contribution in [0.15, 0.2) is 18.2 Å². The summed E-state index contributed by atoms with van der Waals surface area (Å²) in [6, 6.07) is 5.89. The highest BCUT2D eigenvalue weighted by molar-refractivity contribution is 5.92. The lowest BCUT2D eigenvalue weighted by Gasteiger charge is -2.35. The Morgan fingerprint density at radius 2 is 2.12 bits per heavy atom. The van der Waals surface area contributed by atoms with Crippen LogP contribution >= 0.6 is 0 Å². The first-order valence-corrected chi connectivity index (χ1v) is 9.95. The number of aryl methyl sites for hydroxylation is 1. The molecule has 1 aromatic rings. The maximum Gasteiger partial charge on any atom is 0.225 e. The number of ether oxygens (including phenoxy) is 2. The van der Waals surface area contributed by atoms with Crippen LogP contribution in [0, 0.1) is 12.3 Å². The van der Waals surface area contributed by atoms with E-state index in [0.29, 0.717) is 19.6 Å². The highest BCUT2D eigenvalue weighted by Gasteiger charge is 2.33. The van der Waals surface area contributed by atoms with Gasteiger partial charge in [0, 0.05) is 13.0 Å². The van der Waals surface area contributed by atoms with E-state index < -0.39 is 0 Å². The summed E-state index contributed by atoms with van der Waals surface area (Å²) in [5.41, 5.74) is 7.84. The summed E-state index contributed by atoms with van der Waals surface area (Å²) in [6.45, 7) is 3.94. The molecule has 1 saturated heterocycles. The molecular weight excluding hydrogens is 328 g/mol. The lowest BCUT2D eigenvalue weighted by atomic mass is 9.71. The van der Waals surface area contributed by atoms with Crippen molar-refractivity contribution in [2.24, 2.45) is 11.1 Å². The van der Waals surface area contributed by atoms with Crippen LogP contribution < -0.4 is 15.8 Å². The molecule has 26 heavy (non-hydrogen) atoms. The minimum Gasteiger partial charge on any atom is -0.489 e. The lowest BCUT2D eigenvalue weighted by Crippen LogP contribution is -2.36. The van der Waals surface area contributed by atoms with Crippen LogP contribution in [-0.2, 0) is 9.53 Å². The van der Waals surface area contributed by atoms with E-state index in [-0.39, 0.29) is 17.4 Å². The summed E-state index contributed by atoms with van der Waals surface area (Å²) in [5, 5.41) is 3.06. The van der Waals surface area contributed by atoms with E-state index in [9.17, 15) is 4.79 Å². The van der Waals surface area contributed by atoms with Gasteiger partial charge in [-0.05, 0) is 62.3 Å². The van der Waals surface area contributed by atoms with Crippen molar-refractivity contribution in [3.05, 3.63) is 23.8 Å². The van der Waals surface area contributed by atoms with Gasteiger partial charge >= 0.3 is 0 Å². The Labute approximate surface area is 156 Å². The van der Waals surface area contributed by atoms with Gasteiger partial charge in [-0.3, -0.25) is 4.79 Å². The Morgan fingerprint density at radius 3 is 2.81 bits per heavy atom. The SMILES string of the molecule is Cc1ccc(NC(=O)CC2(CN)CCCCC2)c(OCC2CCCO2)c1. The summed E-state index contributed by atoms with van der Waals surface area (Å²) < 4.78 is 11.6. The highest BCUT2D eigenvalue weighted by atomic mass is 16.5. The predicted molar refractivity (Wildman–Crippen MR) is 103 cm³/mol. The summed E-state index contributed by atoms with van der Waals surface area (Å²) in [4.78, 5) is 12.7. The zero-order valence-corrected chi connectivity index (χ0v) is 15.9. The van der Waals surface area contributed by atoms with Crippen molar-refractivity contribution in [2.75, 3.05) is 25.1 Å². The Bertz CT molecular complexity index is 605. The number of carbonyl (C=O) groups is 1. The standard InChI is InChI=1S/C21H32N2O3/c1-16-7-8-18(19(12-16)26-14-17-6-5-11-25-17)23-20(24)13-21(15-22)9-3-2-4-10-21/h7-8,12,17H,2-6,9-11,13-15,22H2,1H3,(H,23,24). The van der Waals surface area contributed by atoms with Crippen LogP contribution in [0.5, 0.6) is 5.75 Å². The molecule has 1 aliphatic heterocycles. The molecule has 0 aromatic heterocycles. The molecule has 1 atom stereocenters. The minimum absolute atomic E-state index is 0.0307. The summed E-state index contributed by atoms with van der Waals surface area (Å²) in [7, 11) is 0. The Hall–Kier alpha value is -1.59. The van der Waals surface area contributed by atoms with Crippen LogP contribution in [0.2, 0.25) is 0 Å². The monoisotopic (exact) mass is 360 g/mol. The van der Waals surface area contributed by atoms with E-state index in [1.807, 2.05) is 25.1 Å². The number of benzene rings is 1. The zero-order chi connectivity index (χ0) is 18.4. The van der Waals surface area contributed by atoms with Crippen LogP contribution in [0.1, 0.15) is 56.9 Å². The number of nitrogens with two attached hydrogens (primary N) is 1. The van der Waals surface area contributed by atoms with Crippen molar-refractivity contribution in [3.63, 3.8) is 0 Å². The molecule has 2 fully saturated rings. The smallest absolute Gasteiger partial charge is 0.225 e. The predicted octanol–water partition coefficient (Wildman–Crippen LogP) is 3.79. The maximum atomic E-state index is 12.7. The van der Waals surface area contributed by atoms with E-state index in [0.717, 1.165) is 49.3 Å². The van der Waals surface area contributed by atoms with Crippen LogP contribution in [-0.4, -0.2) is 31.8 Å². The van der Waals surface area contributed by atoms with E-state index in [2.05, 4.69) is 5.32 Å². The number of amides is 1. The molecule has 0 bridgehead atoms. The van der Waals surface area contributed by atoms with Crippen molar-refractivity contribution in [1.29, 1.82) is 0 Å². The van der Waals surface area contributed by atoms with Crippen LogP contribution in [0.3, 0.4) is 0 Å². The van der Waals surface area contributed by atoms with Crippen LogP contribution in [0.25, 0.3) is 0 Å². The molecule has 1 aromatic carbocycles. The molecule has 5 heteroatoms. The Morgan fingerprint density at radius 1 is 1.31 bits per heavy atom. The van der Waals surface area contributed by atoms with E-state index in [1.165, 1.54) is 19.3 Å². The zero-order valence-electron chi connectivity index (χ0n) is 15.9. The molecular formula is C21H32N2O3. The van der Waals surface area contributed by atoms with Crippen molar-refractivity contribution in [3.8, 4) is 5.75 Å². The first kappa shape index (κ1) is 19.2. The molecule has 1 saturated carbocycles. The van der Waals surface area contributed by atoms with E-state index >= 15 is 0 Å². The van der Waals surface area contributed by atoms with E-state index in [4.69, 9.17) is 15.2 Å². The Kier molecular flexibility index (Phi) is 6.54. The number of rotatable bonds is 7. The van der Waals surface area contributed by atoms with Gasteiger partial charge in [0.05, 0.1) is 11.8 Å². The first-order chi connectivity index (χ1) is 12.6. The molecule has 5 nitrogen and oxygen atoms in total. The topological polar surface area (TPSA) is 73.6 Å². The van der Waals surface area contributed by atoms with Gasteiger partial charge < -0.3 is 20.5 Å². The minimum atomic E-state index is -0.0360. The highest BCUT2D eigenvalue weighted by Crippen LogP contribution is 2.39. The molecule has 1 aliphatic carbocycles. The Balaban J connectivity index is 1.63. The van der Waals surface area contributed by atoms with Gasteiger partial charge in [-0.1, -0.05) is 25.3 Å². The third kappa shape index (κ3) is 4.98. The van der Waals surface area contributed by atoms with Crippen molar-refractivity contribution >= 4 is 11.6 Å². The molecule has 0 radical (unpaired) electrons. The van der Waals surface area contributed by atoms with Gasteiger partial charge in [-0.2, -0.15) is 0 Å². The summed E-state index contributed by atoms with van der Waals surface area (Å²) in [6.07, 6.45) is 8.46. The second-order valence-electron chi connectivity index (χ2n) is 7.94. The van der Waals surface area contributed by atoms with Gasteiger partial charge in [0.25, 0.3) is 0 Å². The van der Waals surface area contributed by atoms with Gasteiger partial charge in [0.2, 0.25) is 5.91 Å². The maximum absolute atomic E-state index is 12.7. The number of hydrogen-bond acceptors (Lipinski definition) is 4. The molecule has 3 N–H and O–H groups in total. The molecule has 1 amide bonds. The number of carbonyl (C=O) groups excluding carboxylic acids is 1. The first-order valence-electron chi connectivity index (χ1n) is 9.95. The normalized spacial score (nSPS) is 22.2. The second kappa shape index (κ2) is 8.87. The van der Waals surface area contributed by atoms with Crippen LogP contribution in [0.4, 0.5) is 5.69 Å². The number of hydrogen-bond donors (Lipinski definition) is 2. The fourth-order valence-electron chi connectivity index (χ4n) is 4.10. The third-order valence-corrected chi connectivity index (χ3v) is 5.74. The number of nitrogens with one attached hydrogen (secondary N) is 1. The van der Waals surface area contributed by atoms with Crippen molar-refractivity contribution in [2.45, 2.75) is 64.4 Å². The fourth-order valence-corrected chi connectivity index (χ4v) is 4.10. The van der Waals surface area contributed by atoms with Crippen molar-refractivity contribution in [1.82, 2.24) is 0 Å². The quantitative estimate of drug-likeness (QED) is 0.776. The van der Waals surface area contributed by atoms with Gasteiger partial charge in [0.1, 0.15) is 12.4 Å².